The molecule has 0 aromatic heterocycles. The molecule has 0 aliphatic heterocycles. The standard InChI is InChI=1S/C15H23NS/c1-12(2)5-8-14(16-4)11-17-15-9-6-13(3)7-10-15/h6-7,9-10,14,16H,1,5,8,11H2,2-4H3. The summed E-state index contributed by atoms with van der Waals surface area (Å²) in [5.41, 5.74) is 2.59. The lowest BCUT2D eigenvalue weighted by molar-refractivity contribution is 0.571. The van der Waals surface area contributed by atoms with Gasteiger partial charge in [-0.15, -0.1) is 18.3 Å². The lowest BCUT2D eigenvalue weighted by Crippen LogP contribution is -2.27. The van der Waals surface area contributed by atoms with Gasteiger partial charge in [-0.2, -0.15) is 0 Å². The average Bonchev–Trinajstić information content (AvgIpc) is 2.31. The summed E-state index contributed by atoms with van der Waals surface area (Å²) >= 11 is 1.92. The van der Waals surface area contributed by atoms with Crippen molar-refractivity contribution in [2.45, 2.75) is 37.6 Å². The molecule has 0 heterocycles. The van der Waals surface area contributed by atoms with Crippen molar-refractivity contribution < 1.29 is 0 Å². The van der Waals surface area contributed by atoms with Gasteiger partial charge in [-0.1, -0.05) is 23.3 Å². The van der Waals surface area contributed by atoms with E-state index in [2.05, 4.69) is 50.0 Å². The maximum Gasteiger partial charge on any atom is 0.0161 e. The summed E-state index contributed by atoms with van der Waals surface area (Å²) in [5, 5.41) is 3.38. The van der Waals surface area contributed by atoms with Crippen LogP contribution in [0.1, 0.15) is 25.3 Å². The van der Waals surface area contributed by atoms with E-state index < -0.39 is 0 Å². The van der Waals surface area contributed by atoms with E-state index >= 15 is 0 Å². The third-order valence-electron chi connectivity index (χ3n) is 2.80. The average molecular weight is 249 g/mol. The van der Waals surface area contributed by atoms with Crippen molar-refractivity contribution in [1.82, 2.24) is 5.32 Å². The van der Waals surface area contributed by atoms with E-state index in [1.807, 2.05) is 18.8 Å². The predicted octanol–water partition coefficient (Wildman–Crippen LogP) is 4.03. The third kappa shape index (κ3) is 5.94. The van der Waals surface area contributed by atoms with Crippen LogP contribution in [0.15, 0.2) is 41.3 Å². The summed E-state index contributed by atoms with van der Waals surface area (Å²) in [6.07, 6.45) is 2.28. The van der Waals surface area contributed by atoms with Gasteiger partial charge >= 0.3 is 0 Å². The summed E-state index contributed by atoms with van der Waals surface area (Å²) in [7, 11) is 2.04. The Bertz CT molecular complexity index is 342. The van der Waals surface area contributed by atoms with Crippen molar-refractivity contribution in [2.75, 3.05) is 12.8 Å². The van der Waals surface area contributed by atoms with Gasteiger partial charge in [0.1, 0.15) is 0 Å². The number of aryl methyl sites for hydroxylation is 1. The Labute approximate surface area is 110 Å². The number of benzene rings is 1. The topological polar surface area (TPSA) is 12.0 Å². The Morgan fingerprint density at radius 2 is 2.00 bits per heavy atom. The van der Waals surface area contributed by atoms with E-state index in [0.717, 1.165) is 12.2 Å². The minimum atomic E-state index is 0.568. The van der Waals surface area contributed by atoms with Gasteiger partial charge < -0.3 is 5.32 Å². The summed E-state index contributed by atoms with van der Waals surface area (Å²) in [6.45, 7) is 8.17. The van der Waals surface area contributed by atoms with Crippen molar-refractivity contribution in [3.8, 4) is 0 Å². The molecule has 1 N–H and O–H groups in total. The molecule has 1 nitrogen and oxygen atoms in total. The highest BCUT2D eigenvalue weighted by molar-refractivity contribution is 7.99. The maximum absolute atomic E-state index is 3.95. The quantitative estimate of drug-likeness (QED) is 0.578. The molecule has 1 aromatic carbocycles. The molecule has 0 fully saturated rings. The van der Waals surface area contributed by atoms with Crippen molar-refractivity contribution in [3.63, 3.8) is 0 Å². The normalized spacial score (nSPS) is 12.4. The highest BCUT2D eigenvalue weighted by Gasteiger charge is 2.06. The van der Waals surface area contributed by atoms with Crippen LogP contribution in [-0.2, 0) is 0 Å². The van der Waals surface area contributed by atoms with Crippen LogP contribution in [0.5, 0.6) is 0 Å². The molecule has 0 radical (unpaired) electrons. The fourth-order valence-electron chi connectivity index (χ4n) is 1.56. The number of nitrogens with one attached hydrogen (secondary N) is 1. The molecule has 17 heavy (non-hydrogen) atoms. The van der Waals surface area contributed by atoms with Crippen LogP contribution in [0, 0.1) is 6.92 Å². The van der Waals surface area contributed by atoms with E-state index in [-0.39, 0.29) is 0 Å². The molecular formula is C15H23NS. The Morgan fingerprint density at radius 3 is 2.53 bits per heavy atom. The maximum atomic E-state index is 3.95. The molecule has 94 valence electrons. The minimum Gasteiger partial charge on any atom is -0.316 e. The van der Waals surface area contributed by atoms with Crippen molar-refractivity contribution in [1.29, 1.82) is 0 Å². The fourth-order valence-corrected chi connectivity index (χ4v) is 2.62. The molecule has 0 amide bonds. The van der Waals surface area contributed by atoms with Gasteiger partial charge in [-0.3, -0.25) is 0 Å². The number of rotatable bonds is 7. The summed E-state index contributed by atoms with van der Waals surface area (Å²) < 4.78 is 0. The molecule has 0 saturated heterocycles. The molecule has 1 aromatic rings. The molecule has 0 aliphatic carbocycles. The Morgan fingerprint density at radius 1 is 1.35 bits per heavy atom. The first-order valence-corrected chi connectivity index (χ1v) is 7.11. The summed E-state index contributed by atoms with van der Waals surface area (Å²) in [6, 6.07) is 9.31. The molecule has 0 spiro atoms. The lowest BCUT2D eigenvalue weighted by Gasteiger charge is -2.15. The van der Waals surface area contributed by atoms with Gasteiger partial charge in [0.05, 0.1) is 0 Å². The van der Waals surface area contributed by atoms with Gasteiger partial charge in [0, 0.05) is 16.7 Å². The smallest absolute Gasteiger partial charge is 0.0161 e. The van der Waals surface area contributed by atoms with Crippen LogP contribution in [0.2, 0.25) is 0 Å². The van der Waals surface area contributed by atoms with Gasteiger partial charge in [-0.25, -0.2) is 0 Å². The van der Waals surface area contributed by atoms with Crippen molar-refractivity contribution in [3.05, 3.63) is 42.0 Å². The molecule has 0 aliphatic rings. The molecule has 1 unspecified atom stereocenters. The van der Waals surface area contributed by atoms with E-state index in [9.17, 15) is 0 Å². The monoisotopic (exact) mass is 249 g/mol. The van der Waals surface area contributed by atoms with Crippen LogP contribution in [-0.4, -0.2) is 18.8 Å². The molecule has 2 heteroatoms. The van der Waals surface area contributed by atoms with Gasteiger partial charge in [0.25, 0.3) is 0 Å². The zero-order valence-electron chi connectivity index (χ0n) is 11.1. The van der Waals surface area contributed by atoms with Crippen molar-refractivity contribution in [2.24, 2.45) is 0 Å². The van der Waals surface area contributed by atoms with E-state index in [0.29, 0.717) is 6.04 Å². The SMILES string of the molecule is C=C(C)CCC(CSc1ccc(C)cc1)NC. The molecule has 1 atom stereocenters. The van der Waals surface area contributed by atoms with Crippen molar-refractivity contribution >= 4 is 11.8 Å². The van der Waals surface area contributed by atoms with Gasteiger partial charge in [0.2, 0.25) is 0 Å². The van der Waals surface area contributed by atoms with Crippen LogP contribution >= 0.6 is 11.8 Å². The lowest BCUT2D eigenvalue weighted by atomic mass is 10.1. The van der Waals surface area contributed by atoms with Crippen LogP contribution in [0.25, 0.3) is 0 Å². The number of hydrogen-bond acceptors (Lipinski definition) is 2. The second kappa shape index (κ2) is 7.57. The highest BCUT2D eigenvalue weighted by Crippen LogP contribution is 2.20. The third-order valence-corrected chi connectivity index (χ3v) is 3.97. The second-order valence-electron chi connectivity index (χ2n) is 4.61. The predicted molar refractivity (Wildman–Crippen MR) is 78.8 cm³/mol. The van der Waals surface area contributed by atoms with Gasteiger partial charge in [0.15, 0.2) is 0 Å². The summed E-state index contributed by atoms with van der Waals surface area (Å²) in [5.74, 6) is 1.12. The van der Waals surface area contributed by atoms with E-state index in [4.69, 9.17) is 0 Å². The van der Waals surface area contributed by atoms with Gasteiger partial charge in [-0.05, 0) is 45.9 Å². The zero-order chi connectivity index (χ0) is 12.7. The first-order chi connectivity index (χ1) is 8.11. The number of hydrogen-bond donors (Lipinski definition) is 1. The Hall–Kier alpha value is -0.730. The highest BCUT2D eigenvalue weighted by atomic mass is 32.2. The first-order valence-electron chi connectivity index (χ1n) is 6.13. The van der Waals surface area contributed by atoms with Crippen LogP contribution < -0.4 is 5.32 Å². The molecule has 1 rings (SSSR count). The van der Waals surface area contributed by atoms with Crippen LogP contribution in [0.4, 0.5) is 0 Å². The molecular weight excluding hydrogens is 226 g/mol. The second-order valence-corrected chi connectivity index (χ2v) is 5.70. The zero-order valence-corrected chi connectivity index (χ0v) is 11.9. The Kier molecular flexibility index (Phi) is 6.38. The molecule has 0 saturated carbocycles. The number of allylic oxidation sites excluding steroid dienone is 1. The fraction of sp³-hybridized carbons (Fsp3) is 0.467. The minimum absolute atomic E-state index is 0.568. The number of thioether (sulfide) groups is 1. The van der Waals surface area contributed by atoms with E-state index in [1.54, 1.807) is 0 Å². The van der Waals surface area contributed by atoms with Crippen LogP contribution in [0.3, 0.4) is 0 Å². The first kappa shape index (κ1) is 14.3. The largest absolute Gasteiger partial charge is 0.316 e. The Balaban J connectivity index is 2.36. The van der Waals surface area contributed by atoms with E-state index in [1.165, 1.54) is 22.5 Å². The summed E-state index contributed by atoms with van der Waals surface area (Å²) in [4.78, 5) is 1.35. The molecule has 0 bridgehead atoms.